The summed E-state index contributed by atoms with van der Waals surface area (Å²) in [6.07, 6.45) is 4.36. The minimum absolute atomic E-state index is 0.160. The van der Waals surface area contributed by atoms with Crippen molar-refractivity contribution in [1.29, 1.82) is 0 Å². The maximum absolute atomic E-state index is 12.7. The Balaban J connectivity index is 1.52. The average Bonchev–Trinajstić information content (AvgIpc) is 2.62. The summed E-state index contributed by atoms with van der Waals surface area (Å²) in [4.78, 5) is 12.7. The summed E-state index contributed by atoms with van der Waals surface area (Å²) in [6.45, 7) is -0.214. The van der Waals surface area contributed by atoms with Crippen molar-refractivity contribution >= 4 is 83.8 Å². The molecule has 1 aromatic carbocycles. The number of fused-ring (bicyclic) bond motifs is 2. The number of carbonyl (C=O) groups excluding carboxylic acids is 1. The van der Waals surface area contributed by atoms with Crippen molar-refractivity contribution in [1.82, 2.24) is 4.72 Å². The maximum atomic E-state index is 12.7. The molecule has 0 spiro atoms. The molecule has 2 bridgehead atoms. The molecule has 3 rings (SSSR count). The van der Waals surface area contributed by atoms with E-state index in [1.54, 1.807) is 4.72 Å². The number of ether oxygens (including phenoxy) is 1. The van der Waals surface area contributed by atoms with Gasteiger partial charge in [0.2, 0.25) is 0 Å². The number of halogens is 6. The second kappa shape index (κ2) is 10.5. The summed E-state index contributed by atoms with van der Waals surface area (Å²) in [5.74, 6) is 0.535. The normalized spacial score (nSPS) is 26.5. The minimum Gasteiger partial charge on any atom is -0.459 e. The number of benzene rings is 1. The van der Waals surface area contributed by atoms with Crippen molar-refractivity contribution in [3.8, 4) is 0 Å². The Hall–Kier alpha value is 0.580. The molecular weight excluding hydrogens is 776 g/mol. The third kappa shape index (κ3) is 6.81. The lowest BCUT2D eigenvalue weighted by Gasteiger charge is -2.42. The van der Waals surface area contributed by atoms with Crippen LogP contribution in [0.1, 0.15) is 48.9 Å². The SMILES string of the molecule is O=C(OC1CC2CC(CCNS(=O)(=O)C(F)(F)F)CC(C2)C1)c1cc(I)cc(I)c1I. The van der Waals surface area contributed by atoms with Crippen LogP contribution in [0.25, 0.3) is 0 Å². The van der Waals surface area contributed by atoms with Crippen molar-refractivity contribution in [2.75, 3.05) is 6.54 Å². The molecule has 174 valence electrons. The van der Waals surface area contributed by atoms with E-state index in [2.05, 4.69) is 67.8 Å². The second-order valence-electron chi connectivity index (χ2n) is 8.19. The molecular formula is C19H21F3I3NO4S. The minimum atomic E-state index is -5.28. The molecule has 0 aromatic heterocycles. The highest BCUT2D eigenvalue weighted by Crippen LogP contribution is 2.44. The standard InChI is InChI=1S/C19H21F3I3NO4S/c20-19(21,22)31(28,29)26-2-1-10-3-11-5-12(4-10)7-14(6-11)30-18(27)15-8-13(23)9-16(24)17(15)25/h8-12,14,26H,1-7H2. The first kappa shape index (κ1) is 26.2. The van der Waals surface area contributed by atoms with E-state index < -0.39 is 15.5 Å². The maximum Gasteiger partial charge on any atom is 0.511 e. The lowest BCUT2D eigenvalue weighted by molar-refractivity contribution is -0.0449. The third-order valence-electron chi connectivity index (χ3n) is 5.83. The Morgan fingerprint density at radius 1 is 1.06 bits per heavy atom. The lowest BCUT2D eigenvalue weighted by atomic mass is 9.66. The lowest BCUT2D eigenvalue weighted by Crippen LogP contribution is -2.39. The highest BCUT2D eigenvalue weighted by atomic mass is 127. The summed E-state index contributed by atoms with van der Waals surface area (Å²) in [5.41, 5.74) is -4.71. The summed E-state index contributed by atoms with van der Waals surface area (Å²) >= 11 is 6.53. The molecule has 0 saturated heterocycles. The number of rotatable bonds is 6. The van der Waals surface area contributed by atoms with Gasteiger partial charge in [-0.3, -0.25) is 0 Å². The van der Waals surface area contributed by atoms with Gasteiger partial charge in [0.05, 0.1) is 5.56 Å². The van der Waals surface area contributed by atoms with E-state index >= 15 is 0 Å². The summed E-state index contributed by atoms with van der Waals surface area (Å²) < 4.78 is 69.9. The van der Waals surface area contributed by atoms with Gasteiger partial charge in [0.1, 0.15) is 6.10 Å². The number of carbonyl (C=O) groups is 1. The highest BCUT2D eigenvalue weighted by molar-refractivity contribution is 14.1. The van der Waals surface area contributed by atoms with Gasteiger partial charge in [-0.05, 0) is 136 Å². The Labute approximate surface area is 220 Å². The van der Waals surface area contributed by atoms with Gasteiger partial charge in [0, 0.05) is 17.3 Å². The molecule has 2 fully saturated rings. The van der Waals surface area contributed by atoms with Gasteiger partial charge in [0.25, 0.3) is 0 Å². The van der Waals surface area contributed by atoms with Gasteiger partial charge in [-0.2, -0.15) is 13.2 Å². The topological polar surface area (TPSA) is 72.5 Å². The van der Waals surface area contributed by atoms with Gasteiger partial charge in [-0.15, -0.1) is 0 Å². The molecule has 12 heteroatoms. The fourth-order valence-corrected chi connectivity index (χ4v) is 7.58. The molecule has 0 radical (unpaired) electrons. The largest absolute Gasteiger partial charge is 0.511 e. The van der Waals surface area contributed by atoms with Crippen molar-refractivity contribution in [3.63, 3.8) is 0 Å². The average molecular weight is 797 g/mol. The summed E-state index contributed by atoms with van der Waals surface area (Å²) in [5, 5.41) is 0. The van der Waals surface area contributed by atoms with Crippen molar-refractivity contribution in [3.05, 3.63) is 28.4 Å². The zero-order valence-corrected chi connectivity index (χ0v) is 23.5. The van der Waals surface area contributed by atoms with Crippen LogP contribution in [0.4, 0.5) is 13.2 Å². The van der Waals surface area contributed by atoms with E-state index in [-0.39, 0.29) is 24.5 Å². The van der Waals surface area contributed by atoms with Crippen LogP contribution < -0.4 is 4.72 Å². The van der Waals surface area contributed by atoms with Gasteiger partial charge in [-0.25, -0.2) is 17.9 Å². The molecule has 2 unspecified atom stereocenters. The molecule has 5 nitrogen and oxygen atoms in total. The van der Waals surface area contributed by atoms with Crippen LogP contribution in [0.2, 0.25) is 0 Å². The second-order valence-corrected chi connectivity index (χ2v) is 13.4. The first-order valence-corrected chi connectivity index (χ1v) is 14.5. The highest BCUT2D eigenvalue weighted by Gasteiger charge is 2.45. The first-order chi connectivity index (χ1) is 14.4. The van der Waals surface area contributed by atoms with Crippen LogP contribution in [0.5, 0.6) is 0 Å². The molecule has 0 aliphatic heterocycles. The van der Waals surface area contributed by atoms with Crippen LogP contribution in [0.15, 0.2) is 12.1 Å². The Bertz CT molecular complexity index is 928. The molecule has 2 atom stereocenters. The van der Waals surface area contributed by atoms with Crippen molar-refractivity contribution < 1.29 is 31.1 Å². The third-order valence-corrected chi connectivity index (χ3v) is 10.7. The fourth-order valence-electron chi connectivity index (χ4n) is 4.66. The molecule has 0 heterocycles. The zero-order valence-electron chi connectivity index (χ0n) is 16.2. The number of esters is 1. The van der Waals surface area contributed by atoms with Crippen molar-refractivity contribution in [2.45, 2.75) is 50.1 Å². The van der Waals surface area contributed by atoms with Crippen LogP contribution >= 0.6 is 67.8 Å². The Morgan fingerprint density at radius 3 is 2.26 bits per heavy atom. The van der Waals surface area contributed by atoms with Gasteiger partial charge in [0.15, 0.2) is 0 Å². The van der Waals surface area contributed by atoms with Crippen LogP contribution in [-0.4, -0.2) is 32.5 Å². The zero-order chi connectivity index (χ0) is 23.0. The first-order valence-electron chi connectivity index (χ1n) is 9.77. The van der Waals surface area contributed by atoms with E-state index in [9.17, 15) is 26.4 Å². The molecule has 0 amide bonds. The van der Waals surface area contributed by atoms with Crippen LogP contribution in [-0.2, 0) is 14.8 Å². The quantitative estimate of drug-likeness (QED) is 0.229. The van der Waals surface area contributed by atoms with Gasteiger partial charge < -0.3 is 4.74 Å². The van der Waals surface area contributed by atoms with E-state index in [4.69, 9.17) is 4.74 Å². The number of alkyl halides is 3. The number of hydrogen-bond donors (Lipinski definition) is 1. The predicted molar refractivity (Wildman–Crippen MR) is 135 cm³/mol. The number of sulfonamides is 1. The summed E-state index contributed by atoms with van der Waals surface area (Å²) in [6, 6.07) is 3.83. The predicted octanol–water partition coefficient (Wildman–Crippen LogP) is 5.68. The number of nitrogens with one attached hydrogen (secondary N) is 1. The molecule has 31 heavy (non-hydrogen) atoms. The molecule has 2 aliphatic rings. The monoisotopic (exact) mass is 797 g/mol. The molecule has 1 aromatic rings. The van der Waals surface area contributed by atoms with Gasteiger partial charge in [-0.1, -0.05) is 0 Å². The smallest absolute Gasteiger partial charge is 0.459 e. The van der Waals surface area contributed by atoms with Gasteiger partial charge >= 0.3 is 21.5 Å². The molecule has 2 saturated carbocycles. The van der Waals surface area contributed by atoms with Crippen LogP contribution in [0.3, 0.4) is 0 Å². The molecule has 1 N–H and O–H groups in total. The Morgan fingerprint density at radius 2 is 1.68 bits per heavy atom. The van der Waals surface area contributed by atoms with Crippen molar-refractivity contribution in [2.24, 2.45) is 17.8 Å². The van der Waals surface area contributed by atoms with E-state index in [1.165, 1.54) is 0 Å². The van der Waals surface area contributed by atoms with Crippen LogP contribution in [0, 0.1) is 28.5 Å². The fraction of sp³-hybridized carbons (Fsp3) is 0.632. The summed E-state index contributed by atoms with van der Waals surface area (Å²) in [7, 11) is -5.28. The number of hydrogen-bond acceptors (Lipinski definition) is 4. The van der Waals surface area contributed by atoms with E-state index in [1.807, 2.05) is 12.1 Å². The molecule has 2 aliphatic carbocycles. The van der Waals surface area contributed by atoms with E-state index in [0.29, 0.717) is 23.8 Å². The van der Waals surface area contributed by atoms with E-state index in [0.717, 1.165) is 42.8 Å². The Kier molecular flexibility index (Phi) is 8.84.